The summed E-state index contributed by atoms with van der Waals surface area (Å²) in [6, 6.07) is 0. The summed E-state index contributed by atoms with van der Waals surface area (Å²) >= 11 is 1.88. The molecule has 0 N–H and O–H groups in total. The SMILES string of the molecule is C[C](=[W])OC(=[N-])C([C-]=O)=N[N]=[W].[W].[W].[W].[W].[W]. The van der Waals surface area contributed by atoms with Crippen molar-refractivity contribution in [2.45, 2.75) is 6.92 Å². The molecule has 0 heterocycles. The van der Waals surface area contributed by atoms with Gasteiger partial charge in [0.15, 0.2) is 0 Å². The third-order valence-corrected chi connectivity index (χ3v) is 1.27. The fourth-order valence-electron chi connectivity index (χ4n) is 0.332. The van der Waals surface area contributed by atoms with Crippen LogP contribution in [0.5, 0.6) is 0 Å². The second-order valence-corrected chi connectivity index (χ2v) is 4.18. The number of rotatable bonds is 4. The molecule has 0 bridgehead atoms. The van der Waals surface area contributed by atoms with E-state index in [0.717, 1.165) is 39.0 Å². The maximum Gasteiger partial charge on any atom is 0 e. The summed E-state index contributed by atoms with van der Waals surface area (Å²) in [7, 11) is 0. The Morgan fingerprint density at radius 2 is 1.65 bits per heavy atom. The van der Waals surface area contributed by atoms with Gasteiger partial charge in [0.2, 0.25) is 0 Å². The van der Waals surface area contributed by atoms with E-state index in [-0.39, 0.29) is 111 Å². The van der Waals surface area contributed by atoms with E-state index in [1.54, 1.807) is 6.92 Å². The molecule has 12 heteroatoms. The largest absolute Gasteiger partial charge is 0 e. The predicted octanol–water partition coefficient (Wildman–Crippen LogP) is -0.149. The van der Waals surface area contributed by atoms with Crippen LogP contribution in [0.25, 0.3) is 5.41 Å². The monoisotopic (exact) mass is 1420 g/mol. The third-order valence-electron chi connectivity index (χ3n) is 0.680. The molecule has 0 aromatic rings. The van der Waals surface area contributed by atoms with Crippen LogP contribution in [0.2, 0.25) is 0 Å². The molecule has 0 aromatic heterocycles. The molecule has 17 heavy (non-hydrogen) atoms. The van der Waals surface area contributed by atoms with Crippen LogP contribution in [-0.2, 0) is 154 Å². The van der Waals surface area contributed by atoms with Gasteiger partial charge in [-0.05, 0) is 0 Å². The first-order chi connectivity index (χ1) is 5.61. The molecule has 0 aliphatic rings. The molecule has 94 valence electrons. The first kappa shape index (κ1) is 37.0. The first-order valence-corrected chi connectivity index (χ1v) is 5.42. The van der Waals surface area contributed by atoms with E-state index >= 15 is 0 Å². The molecular formula is C5H3N3O2W7-2. The second-order valence-electron chi connectivity index (χ2n) is 1.53. The Labute approximate surface area is 193 Å². The first-order valence-electron chi connectivity index (χ1n) is 2.65. The minimum Gasteiger partial charge on any atom is 0 e. The molecular weight excluding hydrogens is 1420 g/mol. The fourth-order valence-corrected chi connectivity index (χ4v) is 0.909. The molecule has 0 saturated carbocycles. The summed E-state index contributed by atoms with van der Waals surface area (Å²) in [5.74, 6) is -0.553. The van der Waals surface area contributed by atoms with Gasteiger partial charge in [-0.1, -0.05) is 0 Å². The van der Waals surface area contributed by atoms with Crippen LogP contribution in [0.1, 0.15) is 6.92 Å². The van der Waals surface area contributed by atoms with Crippen molar-refractivity contribution in [3.8, 4) is 0 Å². The quantitative estimate of drug-likeness (QED) is 0.170. The standard InChI is InChI=1S/C5H3N3O2.7W/c1-2-10-5(6)4(3-9)8-7;;;;;;;/h1H3;;;;;;;/q-2;;;;;;;. The van der Waals surface area contributed by atoms with Crippen molar-refractivity contribution >= 4 is 22.0 Å². The number of nitrogens with zero attached hydrogens (tertiary/aromatic N) is 3. The van der Waals surface area contributed by atoms with Crippen LogP contribution in [0.15, 0.2) is 8.71 Å². The van der Waals surface area contributed by atoms with Crippen molar-refractivity contribution in [1.82, 2.24) is 0 Å². The van der Waals surface area contributed by atoms with E-state index in [4.69, 9.17) is 10.1 Å². The molecule has 0 amide bonds. The zero-order valence-electron chi connectivity index (χ0n) is 8.02. The van der Waals surface area contributed by atoms with Crippen LogP contribution in [0.3, 0.4) is 0 Å². The van der Waals surface area contributed by atoms with Gasteiger partial charge in [-0.2, -0.15) is 0 Å². The van der Waals surface area contributed by atoms with E-state index in [1.165, 1.54) is 6.29 Å². The number of carbonyl (C=O) groups excluding carboxylic acids is 1. The average Bonchev–Trinajstić information content (AvgIpc) is 1.98. The molecule has 0 saturated heterocycles. The zero-order valence-corrected chi connectivity index (χ0v) is 28.5. The number of ether oxygens (including phenoxy) is 1. The third kappa shape index (κ3) is 21.7. The van der Waals surface area contributed by atoms with E-state index in [9.17, 15) is 4.79 Å². The molecule has 0 unspecified atom stereocenters. The molecule has 0 aromatic carbocycles. The van der Waals surface area contributed by atoms with E-state index in [0.29, 0.717) is 4.08 Å². The zero-order chi connectivity index (χ0) is 9.56. The molecule has 0 atom stereocenters. The Hall–Kier alpha value is 3.30. The van der Waals surface area contributed by atoms with Crippen molar-refractivity contribution in [2.75, 3.05) is 0 Å². The van der Waals surface area contributed by atoms with E-state index < -0.39 is 5.90 Å². The number of hydrogen-bond donors (Lipinski definition) is 0. The fraction of sp³-hybridized carbons (Fsp3) is 0.200. The Kier molecular flexibility index (Phi) is 52.9. The summed E-state index contributed by atoms with van der Waals surface area (Å²) in [5, 5.41) is 12.4. The smallest absolute Gasteiger partial charge is 0 e. The van der Waals surface area contributed by atoms with Crippen LogP contribution < -0.4 is 0 Å². The summed E-state index contributed by atoms with van der Waals surface area (Å²) in [6.45, 7) is 1.67. The Balaban J connectivity index is -0.0000000605. The topological polar surface area (TPSA) is 73.3 Å². The van der Waals surface area contributed by atoms with Gasteiger partial charge < -0.3 is 0 Å². The van der Waals surface area contributed by atoms with Gasteiger partial charge in [-0.25, -0.2) is 0 Å². The maximum absolute atomic E-state index is 10.1. The van der Waals surface area contributed by atoms with Crippen molar-refractivity contribution in [3.63, 3.8) is 0 Å². The van der Waals surface area contributed by atoms with Crippen molar-refractivity contribution in [3.05, 3.63) is 5.41 Å². The Morgan fingerprint density at radius 1 is 1.24 bits per heavy atom. The summed E-state index contributed by atoms with van der Waals surface area (Å²) in [6.07, 6.45) is 1.41. The van der Waals surface area contributed by atoms with Crippen LogP contribution >= 0.6 is 0 Å². The van der Waals surface area contributed by atoms with Gasteiger partial charge >= 0.3 is 91.5 Å². The van der Waals surface area contributed by atoms with Gasteiger partial charge in [0.05, 0.1) is 0 Å². The van der Waals surface area contributed by atoms with Gasteiger partial charge in [0, 0.05) is 105 Å². The van der Waals surface area contributed by atoms with E-state index in [2.05, 4.69) is 8.71 Å². The number of hydrogen-bond acceptors (Lipinski definition) is 4. The molecule has 5 nitrogen and oxygen atoms in total. The van der Waals surface area contributed by atoms with Gasteiger partial charge in [-0.15, -0.1) is 0 Å². The normalized spacial score (nSPS) is 7.24. The molecule has 0 aliphatic carbocycles. The Morgan fingerprint density at radius 3 is 1.88 bits per heavy atom. The maximum atomic E-state index is 10.1. The summed E-state index contributed by atoms with van der Waals surface area (Å²) in [5.41, 5.74) is -0.314. The average molecular weight is 1420 g/mol. The molecule has 0 radical (unpaired) electrons. The molecule has 0 spiro atoms. The van der Waals surface area contributed by atoms with Crippen LogP contribution in [0.4, 0.5) is 0 Å². The minimum atomic E-state index is -0.553. The van der Waals surface area contributed by atoms with Crippen molar-refractivity contribution in [1.29, 1.82) is 0 Å². The minimum absolute atomic E-state index is 0. The summed E-state index contributed by atoms with van der Waals surface area (Å²) < 4.78 is 8.70. The van der Waals surface area contributed by atoms with E-state index in [1.807, 2.05) is 0 Å². The van der Waals surface area contributed by atoms with Gasteiger partial charge in [0.25, 0.3) is 0 Å². The molecule has 0 fully saturated rings. The summed E-state index contributed by atoms with van der Waals surface area (Å²) in [4.78, 5) is 10.1. The molecule has 0 aliphatic heterocycles. The predicted molar refractivity (Wildman–Crippen MR) is 35.7 cm³/mol. The van der Waals surface area contributed by atoms with Crippen molar-refractivity contribution < 1.29 is 154 Å². The van der Waals surface area contributed by atoms with Gasteiger partial charge in [-0.3, -0.25) is 0 Å². The Bertz CT molecular complexity index is 270. The van der Waals surface area contributed by atoms with Crippen molar-refractivity contribution in [2.24, 2.45) is 8.71 Å². The van der Waals surface area contributed by atoms with Gasteiger partial charge in [0.1, 0.15) is 0 Å². The molecule has 0 rings (SSSR count). The van der Waals surface area contributed by atoms with Crippen LogP contribution in [-0.4, -0.2) is 22.0 Å². The van der Waals surface area contributed by atoms with Crippen LogP contribution in [0, 0.1) is 0 Å². The second kappa shape index (κ2) is 24.3.